The molecule has 0 fully saturated rings. The quantitative estimate of drug-likeness (QED) is 0.666. The molecular weight excluding hydrogens is 194 g/mol. The molecule has 0 saturated heterocycles. The topological polar surface area (TPSA) is 87.5 Å². The Morgan fingerprint density at radius 3 is 1.92 bits per heavy atom. The third-order valence-electron chi connectivity index (χ3n) is 0.942. The summed E-state index contributed by atoms with van der Waals surface area (Å²) in [5.74, 6) is 0. The summed E-state index contributed by atoms with van der Waals surface area (Å²) in [6.07, 6.45) is 5.29. The lowest BCUT2D eigenvalue weighted by atomic mass is 10.3. The zero-order chi connectivity index (χ0) is 10.3. The highest BCUT2D eigenvalue weighted by molar-refractivity contribution is 7.79. The molecule has 1 aromatic rings. The first-order chi connectivity index (χ1) is 5.93. The number of rotatable bonds is 1. The summed E-state index contributed by atoms with van der Waals surface area (Å²) in [7, 11) is -4.67. The smallest absolute Gasteiger partial charge is 0.265 e. The number of pyridine rings is 1. The third-order valence-corrected chi connectivity index (χ3v) is 0.942. The second kappa shape index (κ2) is 5.41. The van der Waals surface area contributed by atoms with Crippen LogP contribution in [0.5, 0.6) is 0 Å². The zero-order valence-corrected chi connectivity index (χ0v) is 7.48. The van der Waals surface area contributed by atoms with E-state index in [4.69, 9.17) is 17.5 Å². The lowest BCUT2D eigenvalue weighted by Crippen LogP contribution is -1.89. The molecule has 1 rings (SSSR count). The summed E-state index contributed by atoms with van der Waals surface area (Å²) in [5.41, 5.74) is 1.11. The van der Waals surface area contributed by atoms with E-state index in [1.807, 2.05) is 12.1 Å². The van der Waals surface area contributed by atoms with E-state index in [-0.39, 0.29) is 0 Å². The number of hydrogen-bond donors (Lipinski definition) is 2. The Morgan fingerprint density at radius 1 is 1.31 bits per heavy atom. The van der Waals surface area contributed by atoms with Crippen molar-refractivity contribution >= 4 is 16.5 Å². The molecule has 0 aliphatic carbocycles. The second-order valence-electron chi connectivity index (χ2n) is 1.93. The summed E-state index contributed by atoms with van der Waals surface area (Å²) < 4.78 is 31.6. The molecule has 72 valence electrons. The molecule has 0 aliphatic rings. The number of hydrogen-bond acceptors (Lipinski definition) is 3. The van der Waals surface area contributed by atoms with Gasteiger partial charge in [0.25, 0.3) is 0 Å². The first-order valence-corrected chi connectivity index (χ1v) is 4.55. The van der Waals surface area contributed by atoms with Crippen molar-refractivity contribution < 1.29 is 17.5 Å². The van der Waals surface area contributed by atoms with Crippen molar-refractivity contribution in [2.45, 2.75) is 0 Å². The van der Waals surface area contributed by atoms with E-state index in [2.05, 4.69) is 11.6 Å². The van der Waals surface area contributed by atoms with E-state index in [0.717, 1.165) is 5.56 Å². The summed E-state index contributed by atoms with van der Waals surface area (Å²) in [5, 5.41) is 0. The van der Waals surface area contributed by atoms with Gasteiger partial charge >= 0.3 is 10.4 Å². The highest BCUT2D eigenvalue weighted by atomic mass is 32.3. The summed E-state index contributed by atoms with van der Waals surface area (Å²) >= 11 is 0. The monoisotopic (exact) mass is 203 g/mol. The average molecular weight is 203 g/mol. The van der Waals surface area contributed by atoms with Crippen molar-refractivity contribution in [2.75, 3.05) is 0 Å². The maximum Gasteiger partial charge on any atom is 0.394 e. The van der Waals surface area contributed by atoms with Gasteiger partial charge in [0.1, 0.15) is 0 Å². The van der Waals surface area contributed by atoms with Crippen molar-refractivity contribution in [3.63, 3.8) is 0 Å². The lowest BCUT2D eigenvalue weighted by molar-refractivity contribution is 0.381. The van der Waals surface area contributed by atoms with Gasteiger partial charge in [0.05, 0.1) is 0 Å². The van der Waals surface area contributed by atoms with Crippen LogP contribution in [0.25, 0.3) is 6.08 Å². The minimum atomic E-state index is -4.67. The Balaban J connectivity index is 0.000000252. The number of aromatic nitrogens is 1. The standard InChI is InChI=1S/C7H7N.H2O4S/c1-2-7-3-5-8-6-4-7;1-5(2,3)4/h2-6H,1H2;(H2,1,2,3,4). The Morgan fingerprint density at radius 2 is 1.69 bits per heavy atom. The lowest BCUT2D eigenvalue weighted by Gasteiger charge is -1.84. The van der Waals surface area contributed by atoms with E-state index in [0.29, 0.717) is 0 Å². The normalized spacial score (nSPS) is 9.69. The first-order valence-electron chi connectivity index (χ1n) is 3.16. The molecule has 0 bridgehead atoms. The fourth-order valence-corrected chi connectivity index (χ4v) is 0.500. The fraction of sp³-hybridized carbons (Fsp3) is 0. The molecule has 13 heavy (non-hydrogen) atoms. The first kappa shape index (κ1) is 11.8. The van der Waals surface area contributed by atoms with Crippen molar-refractivity contribution in [2.24, 2.45) is 0 Å². The molecule has 1 aromatic heterocycles. The van der Waals surface area contributed by atoms with Gasteiger partial charge in [-0.2, -0.15) is 8.42 Å². The predicted molar refractivity (Wildman–Crippen MR) is 48.5 cm³/mol. The van der Waals surface area contributed by atoms with E-state index >= 15 is 0 Å². The largest absolute Gasteiger partial charge is 0.394 e. The maximum atomic E-state index is 8.74. The molecule has 0 spiro atoms. The Bertz CT molecular complexity index is 338. The fourth-order valence-electron chi connectivity index (χ4n) is 0.500. The summed E-state index contributed by atoms with van der Waals surface area (Å²) in [6, 6.07) is 3.82. The van der Waals surface area contributed by atoms with Crippen LogP contribution in [-0.2, 0) is 10.4 Å². The second-order valence-corrected chi connectivity index (χ2v) is 2.83. The molecule has 0 unspecified atom stereocenters. The van der Waals surface area contributed by atoms with E-state index in [1.165, 1.54) is 0 Å². The predicted octanol–water partition coefficient (Wildman–Crippen LogP) is 1.07. The molecule has 6 heteroatoms. The maximum absolute atomic E-state index is 8.74. The van der Waals surface area contributed by atoms with Crippen molar-refractivity contribution in [1.29, 1.82) is 0 Å². The minimum Gasteiger partial charge on any atom is -0.265 e. The highest BCUT2D eigenvalue weighted by Gasteiger charge is 1.84. The molecule has 0 aromatic carbocycles. The van der Waals surface area contributed by atoms with Gasteiger partial charge in [0.2, 0.25) is 0 Å². The van der Waals surface area contributed by atoms with Crippen LogP contribution in [-0.4, -0.2) is 22.5 Å². The molecule has 2 N–H and O–H groups in total. The van der Waals surface area contributed by atoms with Gasteiger partial charge in [-0.25, -0.2) is 0 Å². The van der Waals surface area contributed by atoms with Gasteiger partial charge in [0.15, 0.2) is 0 Å². The van der Waals surface area contributed by atoms with Gasteiger partial charge in [-0.1, -0.05) is 12.7 Å². The Labute approximate surface area is 76.3 Å². The Hall–Kier alpha value is -1.24. The van der Waals surface area contributed by atoms with Crippen LogP contribution in [0.1, 0.15) is 5.56 Å². The third kappa shape index (κ3) is 10.8. The van der Waals surface area contributed by atoms with E-state index < -0.39 is 10.4 Å². The van der Waals surface area contributed by atoms with Crippen LogP contribution in [0, 0.1) is 0 Å². The molecule has 1 heterocycles. The van der Waals surface area contributed by atoms with E-state index in [1.54, 1.807) is 18.5 Å². The minimum absolute atomic E-state index is 1.11. The SMILES string of the molecule is C=Cc1ccncc1.O=S(=O)(O)O. The van der Waals surface area contributed by atoms with Crippen molar-refractivity contribution in [1.82, 2.24) is 4.98 Å². The van der Waals surface area contributed by atoms with Gasteiger partial charge in [0, 0.05) is 12.4 Å². The molecule has 0 atom stereocenters. The molecule has 0 radical (unpaired) electrons. The number of nitrogens with zero attached hydrogens (tertiary/aromatic N) is 1. The van der Waals surface area contributed by atoms with Gasteiger partial charge in [-0.05, 0) is 17.7 Å². The zero-order valence-electron chi connectivity index (χ0n) is 6.66. The summed E-state index contributed by atoms with van der Waals surface area (Å²) in [6.45, 7) is 3.60. The van der Waals surface area contributed by atoms with Gasteiger partial charge in [-0.3, -0.25) is 14.1 Å². The van der Waals surface area contributed by atoms with Crippen LogP contribution in [0.2, 0.25) is 0 Å². The van der Waals surface area contributed by atoms with Crippen molar-refractivity contribution in [3.8, 4) is 0 Å². The summed E-state index contributed by atoms with van der Waals surface area (Å²) in [4.78, 5) is 3.85. The van der Waals surface area contributed by atoms with E-state index in [9.17, 15) is 0 Å². The van der Waals surface area contributed by atoms with Crippen LogP contribution in [0.15, 0.2) is 31.1 Å². The Kier molecular flexibility index (Phi) is 4.90. The van der Waals surface area contributed by atoms with Gasteiger partial charge in [-0.15, -0.1) is 0 Å². The van der Waals surface area contributed by atoms with Gasteiger partial charge < -0.3 is 0 Å². The van der Waals surface area contributed by atoms with Crippen LogP contribution in [0.3, 0.4) is 0 Å². The molecule has 0 aliphatic heterocycles. The highest BCUT2D eigenvalue weighted by Crippen LogP contribution is 1.94. The molecule has 0 saturated carbocycles. The van der Waals surface area contributed by atoms with Crippen molar-refractivity contribution in [3.05, 3.63) is 36.7 Å². The van der Waals surface area contributed by atoms with Crippen LogP contribution < -0.4 is 0 Å². The van der Waals surface area contributed by atoms with Crippen LogP contribution >= 0.6 is 0 Å². The average Bonchev–Trinajstić information content (AvgIpc) is 2.03. The molecule has 5 nitrogen and oxygen atoms in total. The molecule has 0 amide bonds. The molecular formula is C7H9NO4S. The van der Waals surface area contributed by atoms with Crippen LogP contribution in [0.4, 0.5) is 0 Å².